The van der Waals surface area contributed by atoms with Crippen molar-refractivity contribution >= 4 is 42.2 Å². The van der Waals surface area contributed by atoms with Crippen molar-refractivity contribution in [3.8, 4) is 0 Å². The van der Waals surface area contributed by atoms with Crippen molar-refractivity contribution in [1.29, 1.82) is 0 Å². The lowest BCUT2D eigenvalue weighted by atomic mass is 10.3. The Morgan fingerprint density at radius 2 is 1.60 bits per heavy atom. The van der Waals surface area contributed by atoms with E-state index in [1.54, 1.807) is 0 Å². The summed E-state index contributed by atoms with van der Waals surface area (Å²) in [5, 5.41) is 0.00833. The molecule has 118 valence electrons. The molecule has 8 heteroatoms. The van der Waals surface area contributed by atoms with Crippen LogP contribution in [0, 0.1) is 0 Å². The third-order valence-electron chi connectivity index (χ3n) is 2.42. The molecule has 20 heavy (non-hydrogen) atoms. The SMILES string of the molecule is CCO[Si](CCCCC(=O)SC(N)=S)(OCC)OCC. The second-order valence-electron chi connectivity index (χ2n) is 3.98. The maximum absolute atomic E-state index is 11.5. The van der Waals surface area contributed by atoms with E-state index in [4.69, 9.17) is 19.0 Å². The molecule has 0 unspecified atom stereocenters. The van der Waals surface area contributed by atoms with Crippen molar-refractivity contribution in [3.05, 3.63) is 0 Å². The van der Waals surface area contributed by atoms with Crippen LogP contribution in [0.15, 0.2) is 0 Å². The molecule has 0 aromatic rings. The van der Waals surface area contributed by atoms with Crippen molar-refractivity contribution in [2.24, 2.45) is 5.73 Å². The van der Waals surface area contributed by atoms with Gasteiger partial charge in [0, 0.05) is 32.3 Å². The van der Waals surface area contributed by atoms with E-state index in [0.29, 0.717) is 26.2 Å². The van der Waals surface area contributed by atoms with Crippen molar-refractivity contribution in [2.45, 2.75) is 46.1 Å². The smallest absolute Gasteiger partial charge is 0.384 e. The third-order valence-corrected chi connectivity index (χ3v) is 6.46. The van der Waals surface area contributed by atoms with Crippen LogP contribution < -0.4 is 5.73 Å². The number of carbonyl (C=O) groups is 1. The van der Waals surface area contributed by atoms with Gasteiger partial charge in [-0.15, -0.1) is 0 Å². The molecule has 0 aliphatic heterocycles. The van der Waals surface area contributed by atoms with Gasteiger partial charge in [-0.05, 0) is 45.4 Å². The van der Waals surface area contributed by atoms with Crippen LogP contribution >= 0.6 is 24.0 Å². The first-order valence-electron chi connectivity index (χ1n) is 6.91. The molecule has 0 heterocycles. The summed E-state index contributed by atoms with van der Waals surface area (Å²) in [6.07, 6.45) is 2.04. The summed E-state index contributed by atoms with van der Waals surface area (Å²) in [4.78, 5) is 11.5. The predicted molar refractivity (Wildman–Crippen MR) is 88.7 cm³/mol. The van der Waals surface area contributed by atoms with Gasteiger partial charge in [-0.25, -0.2) is 0 Å². The molecular weight excluding hydrogens is 314 g/mol. The highest BCUT2D eigenvalue weighted by Crippen LogP contribution is 2.20. The number of hydrogen-bond acceptors (Lipinski definition) is 6. The van der Waals surface area contributed by atoms with Gasteiger partial charge in [-0.1, -0.05) is 12.2 Å². The molecule has 0 rings (SSSR count). The van der Waals surface area contributed by atoms with Crippen LogP contribution in [-0.2, 0) is 18.1 Å². The number of carbonyl (C=O) groups excluding carboxylic acids is 1. The topological polar surface area (TPSA) is 70.8 Å². The highest BCUT2D eigenvalue weighted by Gasteiger charge is 2.39. The Morgan fingerprint density at radius 1 is 1.10 bits per heavy atom. The number of nitrogens with two attached hydrogens (primary N) is 1. The van der Waals surface area contributed by atoms with Crippen molar-refractivity contribution < 1.29 is 18.1 Å². The van der Waals surface area contributed by atoms with Gasteiger partial charge in [-0.3, -0.25) is 4.79 Å². The molecule has 5 nitrogen and oxygen atoms in total. The van der Waals surface area contributed by atoms with Gasteiger partial charge in [0.1, 0.15) is 4.32 Å². The predicted octanol–water partition coefficient (Wildman–Crippen LogP) is 2.71. The van der Waals surface area contributed by atoms with E-state index in [1.165, 1.54) is 0 Å². The average molecular weight is 340 g/mol. The van der Waals surface area contributed by atoms with Crippen LogP contribution in [0.4, 0.5) is 0 Å². The zero-order valence-corrected chi connectivity index (χ0v) is 15.1. The highest BCUT2D eigenvalue weighted by atomic mass is 32.2. The minimum Gasteiger partial charge on any atom is -0.384 e. The minimum atomic E-state index is -2.57. The lowest BCUT2D eigenvalue weighted by molar-refractivity contribution is -0.111. The van der Waals surface area contributed by atoms with E-state index in [2.05, 4.69) is 12.2 Å². The zero-order chi connectivity index (χ0) is 15.4. The van der Waals surface area contributed by atoms with Gasteiger partial charge in [0.05, 0.1) is 0 Å². The van der Waals surface area contributed by atoms with Crippen LogP contribution in [0.2, 0.25) is 6.04 Å². The van der Waals surface area contributed by atoms with E-state index >= 15 is 0 Å². The second-order valence-corrected chi connectivity index (χ2v) is 8.51. The van der Waals surface area contributed by atoms with Crippen LogP contribution in [0.25, 0.3) is 0 Å². The van der Waals surface area contributed by atoms with Crippen LogP contribution in [0.5, 0.6) is 0 Å². The van der Waals surface area contributed by atoms with Gasteiger partial charge in [-0.2, -0.15) is 0 Å². The first-order valence-corrected chi connectivity index (χ1v) is 10.1. The summed E-state index contributed by atoms with van der Waals surface area (Å²) in [6.45, 7) is 7.51. The molecular formula is C12H25NO4S2Si. The highest BCUT2D eigenvalue weighted by molar-refractivity contribution is 8.32. The minimum absolute atomic E-state index is 0.00833. The summed E-state index contributed by atoms with van der Waals surface area (Å²) in [6, 6.07) is 0.730. The fourth-order valence-electron chi connectivity index (χ4n) is 1.78. The molecule has 0 amide bonds. The summed E-state index contributed by atoms with van der Waals surface area (Å²) < 4.78 is 17.4. The van der Waals surface area contributed by atoms with Crippen molar-refractivity contribution in [1.82, 2.24) is 0 Å². The van der Waals surface area contributed by atoms with E-state index in [1.807, 2.05) is 20.8 Å². The number of rotatable bonds is 11. The molecule has 0 fully saturated rings. The van der Waals surface area contributed by atoms with Gasteiger partial charge in [0.25, 0.3) is 0 Å². The summed E-state index contributed by atoms with van der Waals surface area (Å²) in [5.74, 6) is 0. The zero-order valence-electron chi connectivity index (χ0n) is 12.5. The Morgan fingerprint density at radius 3 is 2.00 bits per heavy atom. The standard InChI is InChI=1S/C12H25NO4S2Si/c1-4-15-20(16-5-2,17-6-3)10-8-7-9-11(14)19-12(13)18/h4-10H2,1-3H3,(H2,13,18). The third kappa shape index (κ3) is 9.04. The molecule has 0 aliphatic rings. The average Bonchev–Trinajstić information content (AvgIpc) is 2.35. The molecule has 0 bridgehead atoms. The Balaban J connectivity index is 4.18. The Kier molecular flexibility index (Phi) is 11.6. The van der Waals surface area contributed by atoms with Crippen LogP contribution in [0.3, 0.4) is 0 Å². The molecule has 0 aliphatic carbocycles. The molecule has 0 atom stereocenters. The Hall–Kier alpha value is 0.00688. The molecule has 0 aromatic carbocycles. The lowest BCUT2D eigenvalue weighted by Gasteiger charge is -2.28. The second kappa shape index (κ2) is 11.6. The van der Waals surface area contributed by atoms with Crippen LogP contribution in [0.1, 0.15) is 40.0 Å². The normalized spacial score (nSPS) is 11.6. The molecule has 0 radical (unpaired) electrons. The largest absolute Gasteiger partial charge is 0.500 e. The monoisotopic (exact) mass is 339 g/mol. The van der Waals surface area contributed by atoms with Crippen molar-refractivity contribution in [3.63, 3.8) is 0 Å². The van der Waals surface area contributed by atoms with Gasteiger partial charge < -0.3 is 19.0 Å². The van der Waals surface area contributed by atoms with Crippen molar-refractivity contribution in [2.75, 3.05) is 19.8 Å². The molecule has 0 spiro atoms. The molecule has 0 saturated carbocycles. The number of thioether (sulfide) groups is 1. The Bertz CT molecular complexity index is 288. The number of hydrogen-bond donors (Lipinski definition) is 1. The molecule has 0 aromatic heterocycles. The van der Waals surface area contributed by atoms with E-state index in [-0.39, 0.29) is 9.44 Å². The first kappa shape index (κ1) is 20.0. The van der Waals surface area contributed by atoms with Gasteiger partial charge in [0.2, 0.25) is 0 Å². The van der Waals surface area contributed by atoms with E-state index in [9.17, 15) is 4.79 Å². The summed E-state index contributed by atoms with van der Waals surface area (Å²) in [7, 11) is -2.57. The van der Waals surface area contributed by atoms with E-state index in [0.717, 1.165) is 30.6 Å². The fourth-order valence-corrected chi connectivity index (χ4v) is 5.21. The van der Waals surface area contributed by atoms with E-state index < -0.39 is 8.80 Å². The lowest BCUT2D eigenvalue weighted by Crippen LogP contribution is -2.45. The molecule has 2 N–H and O–H groups in total. The Labute approximate surface area is 132 Å². The molecule has 0 saturated heterocycles. The van der Waals surface area contributed by atoms with Gasteiger partial charge in [0.15, 0.2) is 5.12 Å². The van der Waals surface area contributed by atoms with Gasteiger partial charge >= 0.3 is 8.80 Å². The van der Waals surface area contributed by atoms with Crippen LogP contribution in [-0.4, -0.2) is 38.1 Å². The maximum Gasteiger partial charge on any atom is 0.500 e. The quantitative estimate of drug-likeness (QED) is 0.352. The number of unbranched alkanes of at least 4 members (excludes halogenated alkanes) is 1. The summed E-state index contributed by atoms with van der Waals surface area (Å²) in [5.41, 5.74) is 5.31. The summed E-state index contributed by atoms with van der Waals surface area (Å²) >= 11 is 5.61. The maximum atomic E-state index is 11.5. The number of thiocarbonyl (C=S) groups is 1. The fraction of sp³-hybridized carbons (Fsp3) is 0.833. The first-order chi connectivity index (χ1) is 9.49.